The van der Waals surface area contributed by atoms with Gasteiger partial charge in [-0.2, -0.15) is 5.10 Å². The second-order valence-corrected chi connectivity index (χ2v) is 3.60. The molecular formula is C11H20N2O. The van der Waals surface area contributed by atoms with E-state index in [1.165, 1.54) is 0 Å². The summed E-state index contributed by atoms with van der Waals surface area (Å²) in [5.41, 5.74) is 1.03. The van der Waals surface area contributed by atoms with E-state index in [-0.39, 0.29) is 0 Å². The van der Waals surface area contributed by atoms with Gasteiger partial charge in [0.1, 0.15) is 0 Å². The number of hydrogen-bond donors (Lipinski definition) is 0. The van der Waals surface area contributed by atoms with Crippen LogP contribution in [-0.4, -0.2) is 16.4 Å². The van der Waals surface area contributed by atoms with E-state index in [9.17, 15) is 0 Å². The van der Waals surface area contributed by atoms with Crippen molar-refractivity contribution in [3.63, 3.8) is 0 Å². The summed E-state index contributed by atoms with van der Waals surface area (Å²) < 4.78 is 7.42. The largest absolute Gasteiger partial charge is 0.375 e. The van der Waals surface area contributed by atoms with Crippen molar-refractivity contribution in [1.29, 1.82) is 0 Å². The lowest BCUT2D eigenvalue weighted by Gasteiger charge is -2.08. The lowest BCUT2D eigenvalue weighted by molar-refractivity contribution is 0.118. The van der Waals surface area contributed by atoms with Crippen LogP contribution in [0.2, 0.25) is 0 Å². The summed E-state index contributed by atoms with van der Waals surface area (Å²) in [5, 5.41) is 4.44. The SMILES string of the molecule is CCCOCc1ccn(C(C)CC)n1. The zero-order valence-electron chi connectivity index (χ0n) is 9.36. The van der Waals surface area contributed by atoms with E-state index in [0.29, 0.717) is 12.6 Å². The van der Waals surface area contributed by atoms with Crippen molar-refractivity contribution < 1.29 is 4.74 Å². The molecule has 1 rings (SSSR count). The molecule has 0 fully saturated rings. The molecule has 1 atom stereocenters. The fourth-order valence-electron chi connectivity index (χ4n) is 1.21. The van der Waals surface area contributed by atoms with E-state index in [0.717, 1.165) is 25.1 Å². The van der Waals surface area contributed by atoms with Crippen LogP contribution in [0.4, 0.5) is 0 Å². The molecule has 3 nitrogen and oxygen atoms in total. The van der Waals surface area contributed by atoms with Gasteiger partial charge in [-0.05, 0) is 25.8 Å². The van der Waals surface area contributed by atoms with Crippen LogP contribution in [0.3, 0.4) is 0 Å². The van der Waals surface area contributed by atoms with Gasteiger partial charge in [0.05, 0.1) is 12.3 Å². The van der Waals surface area contributed by atoms with Gasteiger partial charge < -0.3 is 4.74 Å². The quantitative estimate of drug-likeness (QED) is 0.654. The van der Waals surface area contributed by atoms with Gasteiger partial charge in [0.2, 0.25) is 0 Å². The average Bonchev–Trinajstić information content (AvgIpc) is 2.66. The molecule has 0 N–H and O–H groups in total. The first-order valence-electron chi connectivity index (χ1n) is 5.39. The van der Waals surface area contributed by atoms with E-state index in [1.54, 1.807) is 0 Å². The third kappa shape index (κ3) is 3.14. The third-order valence-corrected chi connectivity index (χ3v) is 2.30. The molecule has 0 saturated heterocycles. The van der Waals surface area contributed by atoms with Gasteiger partial charge in [0.25, 0.3) is 0 Å². The Kier molecular flexibility index (Phi) is 4.66. The van der Waals surface area contributed by atoms with Gasteiger partial charge in [-0.1, -0.05) is 13.8 Å². The van der Waals surface area contributed by atoms with Crippen molar-refractivity contribution in [2.45, 2.75) is 46.3 Å². The van der Waals surface area contributed by atoms with Gasteiger partial charge in [0.15, 0.2) is 0 Å². The van der Waals surface area contributed by atoms with Crippen molar-refractivity contribution in [1.82, 2.24) is 9.78 Å². The lowest BCUT2D eigenvalue weighted by atomic mass is 10.3. The Balaban J connectivity index is 2.42. The summed E-state index contributed by atoms with van der Waals surface area (Å²) in [5.74, 6) is 0. The van der Waals surface area contributed by atoms with E-state index < -0.39 is 0 Å². The highest BCUT2D eigenvalue weighted by atomic mass is 16.5. The van der Waals surface area contributed by atoms with Crippen LogP contribution in [0, 0.1) is 0 Å². The molecule has 0 saturated carbocycles. The highest BCUT2D eigenvalue weighted by molar-refractivity contribution is 4.97. The zero-order valence-corrected chi connectivity index (χ0v) is 9.36. The molecule has 0 aliphatic carbocycles. The minimum atomic E-state index is 0.481. The normalized spacial score (nSPS) is 13.1. The molecule has 3 heteroatoms. The van der Waals surface area contributed by atoms with Crippen LogP contribution in [0.25, 0.3) is 0 Å². The first-order chi connectivity index (χ1) is 6.77. The Hall–Kier alpha value is -0.830. The molecule has 0 aliphatic rings. The van der Waals surface area contributed by atoms with Crippen LogP contribution in [0.5, 0.6) is 0 Å². The molecule has 0 amide bonds. The molecule has 0 bridgehead atoms. The van der Waals surface area contributed by atoms with Crippen LogP contribution in [0.15, 0.2) is 12.3 Å². The predicted molar refractivity (Wildman–Crippen MR) is 57.2 cm³/mol. The summed E-state index contributed by atoms with van der Waals surface area (Å²) in [6, 6.07) is 2.51. The summed E-state index contributed by atoms with van der Waals surface area (Å²) in [6.07, 6.45) is 4.20. The fraction of sp³-hybridized carbons (Fsp3) is 0.727. The Morgan fingerprint density at radius 3 is 2.93 bits per heavy atom. The first-order valence-corrected chi connectivity index (χ1v) is 5.39. The first kappa shape index (κ1) is 11.2. The summed E-state index contributed by atoms with van der Waals surface area (Å²) in [6.45, 7) is 7.90. The topological polar surface area (TPSA) is 27.1 Å². The van der Waals surface area contributed by atoms with Crippen molar-refractivity contribution in [2.75, 3.05) is 6.61 Å². The Morgan fingerprint density at radius 1 is 1.50 bits per heavy atom. The molecule has 0 radical (unpaired) electrons. The molecule has 0 aliphatic heterocycles. The number of rotatable bonds is 6. The molecule has 1 heterocycles. The standard InChI is InChI=1S/C11H20N2O/c1-4-8-14-9-11-6-7-13(12-11)10(3)5-2/h6-7,10H,4-5,8-9H2,1-3H3. The molecule has 14 heavy (non-hydrogen) atoms. The fourth-order valence-corrected chi connectivity index (χ4v) is 1.21. The highest BCUT2D eigenvalue weighted by Crippen LogP contribution is 2.09. The van der Waals surface area contributed by atoms with Crippen molar-refractivity contribution in [3.8, 4) is 0 Å². The van der Waals surface area contributed by atoms with Crippen LogP contribution in [0.1, 0.15) is 45.3 Å². The number of ether oxygens (including phenoxy) is 1. The molecular weight excluding hydrogens is 176 g/mol. The average molecular weight is 196 g/mol. The number of hydrogen-bond acceptors (Lipinski definition) is 2. The van der Waals surface area contributed by atoms with Crippen LogP contribution >= 0.6 is 0 Å². The smallest absolute Gasteiger partial charge is 0.0906 e. The monoisotopic (exact) mass is 196 g/mol. The second-order valence-electron chi connectivity index (χ2n) is 3.60. The zero-order chi connectivity index (χ0) is 10.4. The Bertz CT molecular complexity index is 258. The second kappa shape index (κ2) is 5.81. The Labute approximate surface area is 86.1 Å². The maximum Gasteiger partial charge on any atom is 0.0906 e. The van der Waals surface area contributed by atoms with Crippen LogP contribution < -0.4 is 0 Å². The van der Waals surface area contributed by atoms with E-state index in [1.807, 2.05) is 16.9 Å². The molecule has 80 valence electrons. The molecule has 0 aromatic carbocycles. The van der Waals surface area contributed by atoms with Crippen LogP contribution in [-0.2, 0) is 11.3 Å². The summed E-state index contributed by atoms with van der Waals surface area (Å²) in [4.78, 5) is 0. The highest BCUT2D eigenvalue weighted by Gasteiger charge is 2.03. The van der Waals surface area contributed by atoms with E-state index >= 15 is 0 Å². The number of nitrogens with zero attached hydrogens (tertiary/aromatic N) is 2. The van der Waals surface area contributed by atoms with Gasteiger partial charge in [0, 0.05) is 18.8 Å². The van der Waals surface area contributed by atoms with Crippen molar-refractivity contribution in [3.05, 3.63) is 18.0 Å². The van der Waals surface area contributed by atoms with E-state index in [2.05, 4.69) is 25.9 Å². The Morgan fingerprint density at radius 2 is 2.29 bits per heavy atom. The van der Waals surface area contributed by atoms with Gasteiger partial charge in [-0.15, -0.1) is 0 Å². The molecule has 1 unspecified atom stereocenters. The minimum Gasteiger partial charge on any atom is -0.375 e. The molecule has 1 aromatic heterocycles. The maximum absolute atomic E-state index is 5.42. The minimum absolute atomic E-state index is 0.481. The molecule has 1 aromatic rings. The van der Waals surface area contributed by atoms with Gasteiger partial charge in [-0.25, -0.2) is 0 Å². The maximum atomic E-state index is 5.42. The third-order valence-electron chi connectivity index (χ3n) is 2.30. The summed E-state index contributed by atoms with van der Waals surface area (Å²) >= 11 is 0. The van der Waals surface area contributed by atoms with Gasteiger partial charge >= 0.3 is 0 Å². The molecule has 0 spiro atoms. The van der Waals surface area contributed by atoms with E-state index in [4.69, 9.17) is 4.74 Å². The number of aromatic nitrogens is 2. The lowest BCUT2D eigenvalue weighted by Crippen LogP contribution is -2.05. The predicted octanol–water partition coefficient (Wildman–Crippen LogP) is 2.78. The van der Waals surface area contributed by atoms with Gasteiger partial charge in [-0.3, -0.25) is 4.68 Å². The van der Waals surface area contributed by atoms with Crippen molar-refractivity contribution >= 4 is 0 Å². The summed E-state index contributed by atoms with van der Waals surface area (Å²) in [7, 11) is 0. The van der Waals surface area contributed by atoms with Crippen molar-refractivity contribution in [2.24, 2.45) is 0 Å².